The highest BCUT2D eigenvalue weighted by molar-refractivity contribution is 5.78. The molecule has 0 aromatic heterocycles. The Kier molecular flexibility index (Phi) is 1.67. The van der Waals surface area contributed by atoms with Gasteiger partial charge in [-0.15, -0.1) is 0 Å². The molecule has 0 saturated carbocycles. The molecule has 4 heteroatoms. The third kappa shape index (κ3) is 1.42. The summed E-state index contributed by atoms with van der Waals surface area (Å²) >= 11 is 0. The molecule has 1 heterocycles. The number of carbonyl (C=O) groups excluding carboxylic acids is 1. The van der Waals surface area contributed by atoms with E-state index in [4.69, 9.17) is 5.73 Å². The number of carbonyl (C=O) groups is 1. The van der Waals surface area contributed by atoms with Crippen LogP contribution in [-0.2, 0) is 4.79 Å². The minimum atomic E-state index is -0.278. The van der Waals surface area contributed by atoms with E-state index in [1.54, 1.807) is 6.34 Å². The van der Waals surface area contributed by atoms with E-state index in [2.05, 4.69) is 10.3 Å². The summed E-state index contributed by atoms with van der Waals surface area (Å²) in [5.41, 5.74) is 5.01. The molecule has 0 saturated heterocycles. The van der Waals surface area contributed by atoms with Gasteiger partial charge in [-0.1, -0.05) is 0 Å². The minimum absolute atomic E-state index is 0.116. The average Bonchev–Trinajstić information content (AvgIpc) is 1.90. The van der Waals surface area contributed by atoms with Crippen molar-refractivity contribution in [1.29, 1.82) is 0 Å². The first kappa shape index (κ1) is 6.07. The Morgan fingerprint density at radius 3 is 3.00 bits per heavy atom. The van der Waals surface area contributed by atoms with Gasteiger partial charge < -0.3 is 11.1 Å². The van der Waals surface area contributed by atoms with Crippen LogP contribution in [0.3, 0.4) is 0 Å². The lowest BCUT2D eigenvalue weighted by Gasteiger charge is -2.13. The Balaban J connectivity index is 2.44. The smallest absolute Gasteiger partial charge is 0.224 e. The standard InChI is InChI=1S/C5H9N3O/c6-5(9)4-1-7-3-8-2-4/h3-4H,1-2H2,(H2,6,9)(H,7,8). The van der Waals surface area contributed by atoms with E-state index in [1.807, 2.05) is 0 Å². The molecule has 0 fully saturated rings. The average molecular weight is 127 g/mol. The zero-order valence-corrected chi connectivity index (χ0v) is 5.00. The molecule has 9 heavy (non-hydrogen) atoms. The number of rotatable bonds is 1. The van der Waals surface area contributed by atoms with Gasteiger partial charge in [0.1, 0.15) is 0 Å². The molecule has 4 nitrogen and oxygen atoms in total. The fraction of sp³-hybridized carbons (Fsp3) is 0.600. The first-order valence-electron chi connectivity index (χ1n) is 2.81. The normalized spacial score (nSPS) is 25.1. The van der Waals surface area contributed by atoms with Crippen LogP contribution >= 0.6 is 0 Å². The first-order valence-corrected chi connectivity index (χ1v) is 2.81. The molecule has 1 aliphatic heterocycles. The van der Waals surface area contributed by atoms with E-state index in [0.29, 0.717) is 13.1 Å². The van der Waals surface area contributed by atoms with E-state index in [-0.39, 0.29) is 11.8 Å². The van der Waals surface area contributed by atoms with Crippen LogP contribution in [-0.4, -0.2) is 25.3 Å². The highest BCUT2D eigenvalue weighted by atomic mass is 16.1. The summed E-state index contributed by atoms with van der Waals surface area (Å²) in [6, 6.07) is 0. The Morgan fingerprint density at radius 2 is 2.67 bits per heavy atom. The Morgan fingerprint density at radius 1 is 1.89 bits per heavy atom. The number of nitrogens with two attached hydrogens (primary N) is 1. The van der Waals surface area contributed by atoms with Crippen molar-refractivity contribution in [2.45, 2.75) is 0 Å². The lowest BCUT2D eigenvalue weighted by Crippen LogP contribution is -2.37. The van der Waals surface area contributed by atoms with Gasteiger partial charge >= 0.3 is 0 Å². The van der Waals surface area contributed by atoms with Crippen LogP contribution in [0.5, 0.6) is 0 Å². The van der Waals surface area contributed by atoms with Gasteiger partial charge in [0.15, 0.2) is 0 Å². The highest BCUT2D eigenvalue weighted by Gasteiger charge is 2.15. The Bertz CT molecular complexity index is 143. The maximum Gasteiger partial charge on any atom is 0.224 e. The van der Waals surface area contributed by atoms with Crippen LogP contribution in [0.4, 0.5) is 0 Å². The van der Waals surface area contributed by atoms with Crippen molar-refractivity contribution in [3.05, 3.63) is 0 Å². The Hall–Kier alpha value is -1.06. The zero-order chi connectivity index (χ0) is 6.69. The van der Waals surface area contributed by atoms with Crippen molar-refractivity contribution in [3.8, 4) is 0 Å². The van der Waals surface area contributed by atoms with Crippen LogP contribution in [0.1, 0.15) is 0 Å². The molecule has 1 rings (SSSR count). The lowest BCUT2D eigenvalue weighted by molar-refractivity contribution is -0.121. The van der Waals surface area contributed by atoms with Crippen molar-refractivity contribution >= 4 is 12.2 Å². The summed E-state index contributed by atoms with van der Waals surface area (Å²) < 4.78 is 0. The predicted molar refractivity (Wildman–Crippen MR) is 34.0 cm³/mol. The molecule has 50 valence electrons. The second-order valence-electron chi connectivity index (χ2n) is 2.00. The maximum atomic E-state index is 10.5. The van der Waals surface area contributed by atoms with Crippen LogP contribution in [0.25, 0.3) is 0 Å². The quantitative estimate of drug-likeness (QED) is 0.460. The summed E-state index contributed by atoms with van der Waals surface area (Å²) in [6.45, 7) is 1.15. The van der Waals surface area contributed by atoms with Crippen molar-refractivity contribution in [1.82, 2.24) is 5.32 Å². The molecule has 0 aliphatic carbocycles. The number of amides is 1. The van der Waals surface area contributed by atoms with Gasteiger partial charge in [-0.25, -0.2) is 0 Å². The maximum absolute atomic E-state index is 10.5. The largest absolute Gasteiger partial charge is 0.376 e. The van der Waals surface area contributed by atoms with Crippen molar-refractivity contribution in [2.75, 3.05) is 13.1 Å². The minimum Gasteiger partial charge on any atom is -0.376 e. The fourth-order valence-corrected chi connectivity index (χ4v) is 0.695. The third-order valence-electron chi connectivity index (χ3n) is 1.27. The van der Waals surface area contributed by atoms with Gasteiger partial charge in [0, 0.05) is 6.54 Å². The molecule has 0 aromatic carbocycles. The topological polar surface area (TPSA) is 67.5 Å². The van der Waals surface area contributed by atoms with Gasteiger partial charge in [0.2, 0.25) is 5.91 Å². The van der Waals surface area contributed by atoms with Gasteiger partial charge in [-0.3, -0.25) is 9.79 Å². The Labute approximate surface area is 53.1 Å². The zero-order valence-electron chi connectivity index (χ0n) is 5.00. The van der Waals surface area contributed by atoms with Crippen molar-refractivity contribution < 1.29 is 4.79 Å². The van der Waals surface area contributed by atoms with E-state index in [9.17, 15) is 4.79 Å². The molecule has 1 amide bonds. The number of nitrogens with zero attached hydrogens (tertiary/aromatic N) is 1. The van der Waals surface area contributed by atoms with Gasteiger partial charge in [0.05, 0.1) is 18.8 Å². The molecule has 0 aromatic rings. The van der Waals surface area contributed by atoms with E-state index >= 15 is 0 Å². The molecular formula is C5H9N3O. The summed E-state index contributed by atoms with van der Waals surface area (Å²) in [4.78, 5) is 14.3. The summed E-state index contributed by atoms with van der Waals surface area (Å²) in [7, 11) is 0. The molecule has 0 spiro atoms. The molecule has 1 atom stereocenters. The van der Waals surface area contributed by atoms with Crippen molar-refractivity contribution in [2.24, 2.45) is 16.6 Å². The number of hydrogen-bond acceptors (Lipinski definition) is 3. The van der Waals surface area contributed by atoms with E-state index in [1.165, 1.54) is 0 Å². The number of primary amides is 1. The highest BCUT2D eigenvalue weighted by Crippen LogP contribution is 1.95. The summed E-state index contributed by atoms with van der Waals surface area (Å²) in [5.74, 6) is -0.394. The third-order valence-corrected chi connectivity index (χ3v) is 1.27. The number of nitrogens with one attached hydrogen (secondary N) is 1. The van der Waals surface area contributed by atoms with Crippen LogP contribution in [0.15, 0.2) is 4.99 Å². The molecule has 3 N–H and O–H groups in total. The van der Waals surface area contributed by atoms with Gasteiger partial charge in [0.25, 0.3) is 0 Å². The molecule has 1 unspecified atom stereocenters. The van der Waals surface area contributed by atoms with Crippen LogP contribution < -0.4 is 11.1 Å². The monoisotopic (exact) mass is 127 g/mol. The number of hydrogen-bond donors (Lipinski definition) is 2. The first-order chi connectivity index (χ1) is 4.30. The van der Waals surface area contributed by atoms with Crippen LogP contribution in [0, 0.1) is 5.92 Å². The second-order valence-corrected chi connectivity index (χ2v) is 2.00. The number of aliphatic imine (C=N–C) groups is 1. The van der Waals surface area contributed by atoms with E-state index in [0.717, 1.165) is 0 Å². The van der Waals surface area contributed by atoms with E-state index < -0.39 is 0 Å². The molecule has 0 bridgehead atoms. The lowest BCUT2D eigenvalue weighted by atomic mass is 10.1. The molecule has 1 aliphatic rings. The summed E-state index contributed by atoms with van der Waals surface area (Å²) in [6.07, 6.45) is 1.60. The van der Waals surface area contributed by atoms with Gasteiger partial charge in [-0.05, 0) is 0 Å². The SMILES string of the molecule is NC(=O)C1CN=CNC1. The van der Waals surface area contributed by atoms with Crippen LogP contribution in [0.2, 0.25) is 0 Å². The molecular weight excluding hydrogens is 118 g/mol. The fourth-order valence-electron chi connectivity index (χ4n) is 0.695. The second kappa shape index (κ2) is 2.48. The molecule has 0 radical (unpaired) electrons. The van der Waals surface area contributed by atoms with Gasteiger partial charge in [-0.2, -0.15) is 0 Å². The summed E-state index contributed by atoms with van der Waals surface area (Å²) in [5, 5.41) is 2.82. The van der Waals surface area contributed by atoms with Crippen molar-refractivity contribution in [3.63, 3.8) is 0 Å². The predicted octanol–water partition coefficient (Wildman–Crippen LogP) is -1.28.